The monoisotopic (exact) mass is 348 g/mol. The molecule has 1 unspecified atom stereocenters. The van der Waals surface area contributed by atoms with Crippen molar-refractivity contribution in [3.8, 4) is 0 Å². The van der Waals surface area contributed by atoms with Crippen molar-refractivity contribution in [1.82, 2.24) is 9.62 Å². The molecule has 1 aliphatic rings. The average molecular weight is 349 g/mol. The molecule has 122 valence electrons. The molecule has 1 aromatic rings. The van der Waals surface area contributed by atoms with Crippen LogP contribution in [0.1, 0.15) is 23.2 Å². The molecule has 22 heavy (non-hydrogen) atoms. The third kappa shape index (κ3) is 4.41. The number of likely N-dealkylation sites (tertiary alicyclic amines) is 1. The molecule has 0 radical (unpaired) electrons. The van der Waals surface area contributed by atoms with Gasteiger partial charge in [-0.2, -0.15) is 0 Å². The van der Waals surface area contributed by atoms with Gasteiger partial charge in [-0.25, -0.2) is 17.5 Å². The predicted octanol–water partition coefficient (Wildman–Crippen LogP) is 1.88. The van der Waals surface area contributed by atoms with Crippen molar-refractivity contribution < 1.29 is 17.6 Å². The van der Waals surface area contributed by atoms with Crippen LogP contribution in [0.4, 0.5) is 4.39 Å². The van der Waals surface area contributed by atoms with E-state index < -0.39 is 21.7 Å². The molecule has 1 heterocycles. The van der Waals surface area contributed by atoms with Crippen LogP contribution < -0.4 is 4.72 Å². The van der Waals surface area contributed by atoms with E-state index in [0.717, 1.165) is 19.1 Å². The van der Waals surface area contributed by atoms with Gasteiger partial charge in [-0.1, -0.05) is 17.7 Å². The number of sulfonamides is 1. The third-order valence-corrected chi connectivity index (χ3v) is 4.62. The summed E-state index contributed by atoms with van der Waals surface area (Å²) in [7, 11) is -3.26. The number of hydrogen-bond donors (Lipinski definition) is 1. The smallest absolute Gasteiger partial charge is 0.258 e. The zero-order valence-electron chi connectivity index (χ0n) is 12.2. The molecule has 1 N–H and O–H groups in total. The Morgan fingerprint density at radius 1 is 1.50 bits per heavy atom. The van der Waals surface area contributed by atoms with Gasteiger partial charge in [-0.3, -0.25) is 4.79 Å². The quantitative estimate of drug-likeness (QED) is 0.903. The highest BCUT2D eigenvalue weighted by molar-refractivity contribution is 7.88. The first kappa shape index (κ1) is 17.2. The van der Waals surface area contributed by atoms with Crippen molar-refractivity contribution in [3.63, 3.8) is 0 Å². The summed E-state index contributed by atoms with van der Waals surface area (Å²) in [5.74, 6) is -1.08. The molecular weight excluding hydrogens is 331 g/mol. The van der Waals surface area contributed by atoms with Gasteiger partial charge in [0.15, 0.2) is 0 Å². The van der Waals surface area contributed by atoms with Gasteiger partial charge < -0.3 is 4.90 Å². The molecule has 1 aromatic carbocycles. The molecule has 0 bridgehead atoms. The summed E-state index contributed by atoms with van der Waals surface area (Å²) >= 11 is 5.92. The lowest BCUT2D eigenvalue weighted by molar-refractivity contribution is 0.0672. The van der Waals surface area contributed by atoms with Crippen molar-refractivity contribution in [1.29, 1.82) is 0 Å². The Labute approximate surface area is 134 Å². The SMILES string of the molecule is CS(=O)(=O)NCC1CCCN(C(=O)c2c(F)cccc2Cl)C1. The van der Waals surface area contributed by atoms with Crippen molar-refractivity contribution in [2.75, 3.05) is 25.9 Å². The van der Waals surface area contributed by atoms with Crippen LogP contribution in [0, 0.1) is 11.7 Å². The third-order valence-electron chi connectivity index (χ3n) is 3.62. The highest BCUT2D eigenvalue weighted by Crippen LogP contribution is 2.24. The largest absolute Gasteiger partial charge is 0.338 e. The number of piperidine rings is 1. The Kier molecular flexibility index (Phi) is 5.41. The van der Waals surface area contributed by atoms with Crippen LogP contribution in [0.5, 0.6) is 0 Å². The van der Waals surface area contributed by atoms with Gasteiger partial charge in [0.05, 0.1) is 16.8 Å². The van der Waals surface area contributed by atoms with E-state index in [1.165, 1.54) is 23.1 Å². The Bertz CT molecular complexity index is 646. The molecule has 1 atom stereocenters. The molecule has 1 fully saturated rings. The highest BCUT2D eigenvalue weighted by atomic mass is 35.5. The summed E-state index contributed by atoms with van der Waals surface area (Å²) in [6, 6.07) is 4.12. The van der Waals surface area contributed by atoms with Crippen LogP contribution in [0.2, 0.25) is 5.02 Å². The molecule has 1 aliphatic heterocycles. The van der Waals surface area contributed by atoms with Crippen LogP contribution in [0.25, 0.3) is 0 Å². The number of benzene rings is 1. The fourth-order valence-electron chi connectivity index (χ4n) is 2.55. The lowest BCUT2D eigenvalue weighted by Gasteiger charge is -2.33. The first-order valence-electron chi connectivity index (χ1n) is 6.96. The van der Waals surface area contributed by atoms with Gasteiger partial charge in [0, 0.05) is 19.6 Å². The van der Waals surface area contributed by atoms with Crippen LogP contribution in [0.3, 0.4) is 0 Å². The Morgan fingerprint density at radius 3 is 2.86 bits per heavy atom. The number of amides is 1. The number of nitrogens with one attached hydrogen (secondary N) is 1. The zero-order valence-corrected chi connectivity index (χ0v) is 13.8. The van der Waals surface area contributed by atoms with E-state index in [2.05, 4.69) is 4.72 Å². The summed E-state index contributed by atoms with van der Waals surface area (Å²) in [5.41, 5.74) is -0.124. The number of carbonyl (C=O) groups excluding carboxylic acids is 1. The van der Waals surface area contributed by atoms with Gasteiger partial charge in [0.1, 0.15) is 5.82 Å². The van der Waals surface area contributed by atoms with Gasteiger partial charge in [-0.15, -0.1) is 0 Å². The maximum absolute atomic E-state index is 13.8. The molecule has 8 heteroatoms. The van der Waals surface area contributed by atoms with Crippen molar-refractivity contribution in [3.05, 3.63) is 34.6 Å². The van der Waals surface area contributed by atoms with E-state index in [0.29, 0.717) is 13.1 Å². The summed E-state index contributed by atoms with van der Waals surface area (Å²) in [6.07, 6.45) is 2.66. The Hall–Kier alpha value is -1.18. The molecule has 1 amide bonds. The van der Waals surface area contributed by atoms with Gasteiger partial charge in [-0.05, 0) is 30.9 Å². The summed E-state index contributed by atoms with van der Waals surface area (Å²) in [6.45, 7) is 1.17. The molecule has 2 rings (SSSR count). The molecule has 5 nitrogen and oxygen atoms in total. The lowest BCUT2D eigenvalue weighted by atomic mass is 9.97. The van der Waals surface area contributed by atoms with Crippen LogP contribution in [-0.2, 0) is 10.0 Å². The molecular formula is C14H18ClFN2O3S. The summed E-state index contributed by atoms with van der Waals surface area (Å²) in [5, 5.41) is 0.0846. The molecule has 0 saturated carbocycles. The Morgan fingerprint density at radius 2 is 2.23 bits per heavy atom. The van der Waals surface area contributed by atoms with E-state index in [-0.39, 0.29) is 23.0 Å². The van der Waals surface area contributed by atoms with Gasteiger partial charge in [0.25, 0.3) is 5.91 Å². The topological polar surface area (TPSA) is 66.5 Å². The van der Waals surface area contributed by atoms with E-state index in [1.54, 1.807) is 0 Å². The van der Waals surface area contributed by atoms with E-state index in [4.69, 9.17) is 11.6 Å². The van der Waals surface area contributed by atoms with E-state index in [1.807, 2.05) is 0 Å². The van der Waals surface area contributed by atoms with Crippen molar-refractivity contribution in [2.24, 2.45) is 5.92 Å². The van der Waals surface area contributed by atoms with E-state index >= 15 is 0 Å². The zero-order chi connectivity index (χ0) is 16.3. The van der Waals surface area contributed by atoms with Crippen LogP contribution >= 0.6 is 11.6 Å². The van der Waals surface area contributed by atoms with Crippen molar-refractivity contribution >= 4 is 27.5 Å². The second kappa shape index (κ2) is 6.93. The highest BCUT2D eigenvalue weighted by Gasteiger charge is 2.27. The van der Waals surface area contributed by atoms with E-state index in [9.17, 15) is 17.6 Å². The number of carbonyl (C=O) groups is 1. The average Bonchev–Trinajstić information content (AvgIpc) is 2.44. The fourth-order valence-corrected chi connectivity index (χ4v) is 3.33. The standard InChI is InChI=1S/C14H18ClFN2O3S/c1-22(20,21)17-8-10-4-3-7-18(9-10)14(19)13-11(15)5-2-6-12(13)16/h2,5-6,10,17H,3-4,7-9H2,1H3. The maximum atomic E-state index is 13.8. The molecule has 1 saturated heterocycles. The molecule has 0 aliphatic carbocycles. The molecule has 0 spiro atoms. The normalized spacial score (nSPS) is 19.2. The number of nitrogens with zero attached hydrogens (tertiary/aromatic N) is 1. The summed E-state index contributed by atoms with van der Waals surface area (Å²) < 4.78 is 38.6. The number of hydrogen-bond acceptors (Lipinski definition) is 3. The first-order chi connectivity index (χ1) is 10.3. The summed E-state index contributed by atoms with van der Waals surface area (Å²) in [4.78, 5) is 14.0. The minimum absolute atomic E-state index is 0.0120. The van der Waals surface area contributed by atoms with Gasteiger partial charge >= 0.3 is 0 Å². The van der Waals surface area contributed by atoms with Gasteiger partial charge in [0.2, 0.25) is 10.0 Å². The minimum atomic E-state index is -3.26. The second-order valence-electron chi connectivity index (χ2n) is 5.48. The predicted molar refractivity (Wildman–Crippen MR) is 82.9 cm³/mol. The van der Waals surface area contributed by atoms with Crippen LogP contribution in [0.15, 0.2) is 18.2 Å². The van der Waals surface area contributed by atoms with Crippen LogP contribution in [-0.4, -0.2) is 45.1 Å². The first-order valence-corrected chi connectivity index (χ1v) is 9.23. The molecule has 0 aromatic heterocycles. The fraction of sp³-hybridized carbons (Fsp3) is 0.500. The number of halogens is 2. The minimum Gasteiger partial charge on any atom is -0.338 e. The Balaban J connectivity index is 2.07. The lowest BCUT2D eigenvalue weighted by Crippen LogP contribution is -2.43. The van der Waals surface area contributed by atoms with Crippen molar-refractivity contribution in [2.45, 2.75) is 12.8 Å². The number of rotatable bonds is 4. The second-order valence-corrected chi connectivity index (χ2v) is 7.72. The maximum Gasteiger partial charge on any atom is 0.258 e.